The molecule has 0 amide bonds. The minimum Gasteiger partial charge on any atom is -0.368 e. The zero-order valence-corrected chi connectivity index (χ0v) is 17.5. The van der Waals surface area contributed by atoms with Crippen molar-refractivity contribution in [3.8, 4) is 11.5 Å². The molecule has 0 radical (unpaired) electrons. The second-order valence-corrected chi connectivity index (χ2v) is 7.57. The number of aryl methyl sites for hydroxylation is 3. The Kier molecular flexibility index (Phi) is 5.92. The van der Waals surface area contributed by atoms with Crippen LogP contribution in [0, 0.1) is 6.92 Å². The van der Waals surface area contributed by atoms with Crippen LogP contribution in [0.5, 0.6) is 0 Å². The number of fused-ring (bicyclic) bond motifs is 2. The number of H-pyrrole nitrogens is 1. The van der Waals surface area contributed by atoms with Gasteiger partial charge in [0.2, 0.25) is 0 Å². The first-order chi connectivity index (χ1) is 14.9. The number of hydrogen-bond acceptors (Lipinski definition) is 6. The molecular weight excluding hydrogens is 396 g/mol. The minimum absolute atomic E-state index is 0.138. The molecule has 0 aromatic heterocycles. The topological polar surface area (TPSA) is 110 Å². The molecule has 2 N–H and O–H groups in total. The Bertz CT molecular complexity index is 1290. The molecule has 31 heavy (non-hydrogen) atoms. The van der Waals surface area contributed by atoms with E-state index in [1.165, 1.54) is 5.56 Å². The van der Waals surface area contributed by atoms with Crippen molar-refractivity contribution in [2.45, 2.75) is 46.1 Å². The Morgan fingerprint density at radius 3 is 2.68 bits per heavy atom. The number of benzene rings is 2. The molecule has 0 aliphatic carbocycles. The van der Waals surface area contributed by atoms with Gasteiger partial charge in [0.05, 0.1) is 17.6 Å². The molecule has 8 nitrogen and oxygen atoms in total. The fraction of sp³-hybridized carbons (Fsp3) is 0.304. The molecule has 0 saturated heterocycles. The molecule has 4 rings (SSSR count). The number of hydrogen-bond donors (Lipinski definition) is 2. The lowest BCUT2D eigenvalue weighted by Crippen LogP contribution is -2.29. The van der Waals surface area contributed by atoms with Crippen LogP contribution in [-0.2, 0) is 24.3 Å². The van der Waals surface area contributed by atoms with E-state index in [9.17, 15) is 14.7 Å². The van der Waals surface area contributed by atoms with Crippen molar-refractivity contribution in [3.63, 3.8) is 0 Å². The molecule has 1 unspecified atom stereocenters. The van der Waals surface area contributed by atoms with Crippen LogP contribution in [0.15, 0.2) is 52.1 Å². The molecule has 160 valence electrons. The number of aliphatic hydroxyl groups is 1. The zero-order valence-electron chi connectivity index (χ0n) is 17.5. The standard InChI is InChI=1S/C23H24N4O4/c1-14-11-18-19(12-17(14)13-31-15(2)28)27(10-6-9-16-7-4-3-5-8-16)21-20(24-18)22(29)26-23(30)25-21/h3-5,7-8,11-12,15,28H,6,9-10,13H2,1-2H3,(H,26,29,30). The average molecular weight is 420 g/mol. The molecular formula is C23H24N4O4. The average Bonchev–Trinajstić information content (AvgIpc) is 2.73. The summed E-state index contributed by atoms with van der Waals surface area (Å²) in [5.74, 6) is 0.264. The van der Waals surface area contributed by atoms with Crippen molar-refractivity contribution in [3.05, 3.63) is 80.0 Å². The predicted molar refractivity (Wildman–Crippen MR) is 117 cm³/mol. The van der Waals surface area contributed by atoms with Crippen LogP contribution < -0.4 is 11.2 Å². The maximum absolute atomic E-state index is 12.4. The Labute approximate surface area is 178 Å². The fourth-order valence-corrected chi connectivity index (χ4v) is 3.67. The number of nitrogens with one attached hydrogen (secondary N) is 1. The summed E-state index contributed by atoms with van der Waals surface area (Å²) in [4.78, 5) is 35.1. The summed E-state index contributed by atoms with van der Waals surface area (Å²) in [5.41, 5.74) is 3.32. The van der Waals surface area contributed by atoms with E-state index in [0.717, 1.165) is 29.5 Å². The van der Waals surface area contributed by atoms with Gasteiger partial charge in [0.1, 0.15) is 0 Å². The summed E-state index contributed by atoms with van der Waals surface area (Å²) in [5, 5.41) is 9.48. The molecule has 2 aromatic carbocycles. The van der Waals surface area contributed by atoms with Crippen molar-refractivity contribution < 1.29 is 9.84 Å². The van der Waals surface area contributed by atoms with E-state index in [4.69, 9.17) is 4.74 Å². The van der Waals surface area contributed by atoms with E-state index in [-0.39, 0.29) is 18.1 Å². The quantitative estimate of drug-likeness (QED) is 0.351. The Hall–Kier alpha value is -3.36. The lowest BCUT2D eigenvalue weighted by Gasteiger charge is -2.18. The molecule has 2 aliphatic rings. The van der Waals surface area contributed by atoms with E-state index in [2.05, 4.69) is 27.1 Å². The van der Waals surface area contributed by atoms with Crippen molar-refractivity contribution in [1.29, 1.82) is 0 Å². The van der Waals surface area contributed by atoms with E-state index in [1.807, 2.05) is 41.8 Å². The third-order valence-electron chi connectivity index (χ3n) is 5.24. The van der Waals surface area contributed by atoms with Crippen molar-refractivity contribution in [2.75, 3.05) is 0 Å². The number of aromatic amines is 1. The van der Waals surface area contributed by atoms with Crippen molar-refractivity contribution in [2.24, 2.45) is 0 Å². The number of nitrogens with zero attached hydrogens (tertiary/aromatic N) is 3. The molecule has 2 heterocycles. The highest BCUT2D eigenvalue weighted by molar-refractivity contribution is 5.81. The van der Waals surface area contributed by atoms with Crippen LogP contribution in [0.1, 0.15) is 30.0 Å². The second kappa shape index (κ2) is 8.79. The van der Waals surface area contributed by atoms with Gasteiger partial charge in [0, 0.05) is 6.54 Å². The monoisotopic (exact) mass is 420 g/mol. The summed E-state index contributed by atoms with van der Waals surface area (Å²) in [6.45, 7) is 4.27. The molecule has 0 saturated carbocycles. The summed E-state index contributed by atoms with van der Waals surface area (Å²) >= 11 is 0. The third-order valence-corrected chi connectivity index (χ3v) is 5.24. The van der Waals surface area contributed by atoms with Crippen LogP contribution in [0.4, 0.5) is 0 Å². The van der Waals surface area contributed by atoms with Gasteiger partial charge in [-0.2, -0.15) is 4.98 Å². The highest BCUT2D eigenvalue weighted by Gasteiger charge is 2.19. The van der Waals surface area contributed by atoms with Crippen LogP contribution in [-0.4, -0.2) is 30.9 Å². The fourth-order valence-electron chi connectivity index (χ4n) is 3.67. The molecule has 0 bridgehead atoms. The normalized spacial score (nSPS) is 12.5. The van der Waals surface area contributed by atoms with Gasteiger partial charge in [-0.05, 0) is 55.5 Å². The van der Waals surface area contributed by atoms with Crippen LogP contribution in [0.2, 0.25) is 0 Å². The maximum Gasteiger partial charge on any atom is 0.349 e. The van der Waals surface area contributed by atoms with Gasteiger partial charge in [-0.15, -0.1) is 0 Å². The largest absolute Gasteiger partial charge is 0.368 e. The van der Waals surface area contributed by atoms with Crippen molar-refractivity contribution in [1.82, 2.24) is 19.5 Å². The van der Waals surface area contributed by atoms with Gasteiger partial charge < -0.3 is 14.4 Å². The molecule has 1 atom stereocenters. The van der Waals surface area contributed by atoms with E-state index in [1.54, 1.807) is 6.92 Å². The zero-order chi connectivity index (χ0) is 22.0. The molecule has 2 aliphatic heterocycles. The van der Waals surface area contributed by atoms with Gasteiger partial charge in [0.25, 0.3) is 5.56 Å². The Morgan fingerprint density at radius 1 is 1.16 bits per heavy atom. The van der Waals surface area contributed by atoms with E-state index < -0.39 is 17.5 Å². The summed E-state index contributed by atoms with van der Waals surface area (Å²) in [7, 11) is 0. The lowest BCUT2D eigenvalue weighted by molar-refractivity contribution is -0.0940. The number of ether oxygens (including phenoxy) is 1. The predicted octanol–water partition coefficient (Wildman–Crippen LogP) is 2.38. The minimum atomic E-state index is -0.883. The van der Waals surface area contributed by atoms with Crippen LogP contribution in [0.25, 0.3) is 22.6 Å². The van der Waals surface area contributed by atoms with E-state index >= 15 is 0 Å². The lowest BCUT2D eigenvalue weighted by atomic mass is 10.1. The SMILES string of the molecule is Cc1cc2nc3c(=O)[nH]c(=O)nc-3n(CCCc3ccccc3)c2cc1COC(C)O. The Morgan fingerprint density at radius 2 is 1.94 bits per heavy atom. The maximum atomic E-state index is 12.4. The number of aromatic nitrogens is 4. The molecule has 0 spiro atoms. The van der Waals surface area contributed by atoms with Gasteiger partial charge in [-0.25, -0.2) is 9.78 Å². The van der Waals surface area contributed by atoms with Gasteiger partial charge in [0.15, 0.2) is 17.8 Å². The van der Waals surface area contributed by atoms with Gasteiger partial charge in [-0.3, -0.25) is 9.78 Å². The second-order valence-electron chi connectivity index (χ2n) is 7.57. The van der Waals surface area contributed by atoms with Crippen LogP contribution in [0.3, 0.4) is 0 Å². The highest BCUT2D eigenvalue weighted by atomic mass is 16.6. The smallest absolute Gasteiger partial charge is 0.349 e. The number of rotatable bonds is 7. The molecule has 8 heteroatoms. The summed E-state index contributed by atoms with van der Waals surface area (Å²) in [6, 6.07) is 13.9. The van der Waals surface area contributed by atoms with E-state index in [0.29, 0.717) is 12.1 Å². The highest BCUT2D eigenvalue weighted by Crippen LogP contribution is 2.25. The van der Waals surface area contributed by atoms with Gasteiger partial charge >= 0.3 is 5.69 Å². The summed E-state index contributed by atoms with van der Waals surface area (Å²) < 4.78 is 7.24. The van der Waals surface area contributed by atoms with Gasteiger partial charge in [-0.1, -0.05) is 30.3 Å². The summed E-state index contributed by atoms with van der Waals surface area (Å²) in [6.07, 6.45) is 0.751. The first-order valence-electron chi connectivity index (χ1n) is 10.2. The number of aliphatic hydroxyl groups excluding tert-OH is 1. The Balaban J connectivity index is 1.82. The van der Waals surface area contributed by atoms with Crippen molar-refractivity contribution >= 4 is 11.0 Å². The molecule has 2 aromatic rings. The molecule has 0 fully saturated rings. The third kappa shape index (κ3) is 4.55. The van der Waals surface area contributed by atoms with Crippen LogP contribution >= 0.6 is 0 Å². The first-order valence-corrected chi connectivity index (χ1v) is 10.2. The first kappa shape index (κ1) is 20.9.